The van der Waals surface area contributed by atoms with E-state index in [9.17, 15) is 9.59 Å². The molecule has 4 heteroatoms. The molecule has 0 aliphatic heterocycles. The van der Waals surface area contributed by atoms with Gasteiger partial charge in [0.15, 0.2) is 0 Å². The maximum Gasteiger partial charge on any atom is 0.339 e. The first kappa shape index (κ1) is 24.2. The molecule has 158 valence electrons. The molecule has 0 spiro atoms. The predicted molar refractivity (Wildman–Crippen MR) is 114 cm³/mol. The highest BCUT2D eigenvalue weighted by Gasteiger charge is 2.30. The van der Waals surface area contributed by atoms with Crippen LogP contribution in [0.3, 0.4) is 0 Å². The molecule has 0 unspecified atom stereocenters. The Morgan fingerprint density at radius 1 is 0.607 bits per heavy atom. The Morgan fingerprint density at radius 2 is 1.04 bits per heavy atom. The van der Waals surface area contributed by atoms with E-state index in [2.05, 4.69) is 20.8 Å². The maximum absolute atomic E-state index is 12.8. The van der Waals surface area contributed by atoms with Crippen LogP contribution >= 0.6 is 0 Å². The van der Waals surface area contributed by atoms with Crippen molar-refractivity contribution in [1.29, 1.82) is 0 Å². The number of methoxy groups -OCH3 is 2. The Bertz CT molecular complexity index is 661. The Balaban J connectivity index is 3.83. The average molecular weight is 391 g/mol. The molecule has 1 aromatic rings. The Kier molecular flexibility index (Phi) is 10.9. The summed E-state index contributed by atoms with van der Waals surface area (Å²) in [6.07, 6.45) is 9.86. The minimum Gasteiger partial charge on any atom is -0.465 e. The van der Waals surface area contributed by atoms with Gasteiger partial charge in [0.1, 0.15) is 0 Å². The second-order valence-corrected chi connectivity index (χ2v) is 7.27. The fourth-order valence-electron chi connectivity index (χ4n) is 4.12. The van der Waals surface area contributed by atoms with Crippen molar-refractivity contribution in [2.45, 2.75) is 91.9 Å². The normalized spacial score (nSPS) is 10.8. The van der Waals surface area contributed by atoms with Crippen molar-refractivity contribution >= 4 is 11.9 Å². The van der Waals surface area contributed by atoms with Gasteiger partial charge in [0.2, 0.25) is 0 Å². The van der Waals surface area contributed by atoms with Crippen molar-refractivity contribution in [2.75, 3.05) is 14.2 Å². The third-order valence-electron chi connectivity index (χ3n) is 5.49. The topological polar surface area (TPSA) is 52.6 Å². The van der Waals surface area contributed by atoms with E-state index in [1.54, 1.807) is 0 Å². The van der Waals surface area contributed by atoms with Gasteiger partial charge in [-0.2, -0.15) is 0 Å². The molecule has 0 heterocycles. The Hall–Kier alpha value is -1.84. The lowest BCUT2D eigenvalue weighted by atomic mass is 9.81. The highest BCUT2D eigenvalue weighted by molar-refractivity contribution is 6.06. The first-order valence-electron chi connectivity index (χ1n) is 10.9. The zero-order valence-corrected chi connectivity index (χ0v) is 18.7. The van der Waals surface area contributed by atoms with Crippen molar-refractivity contribution in [3.8, 4) is 0 Å². The molecule has 0 atom stereocenters. The molecule has 1 aromatic carbocycles. The molecule has 1 rings (SSSR count). The number of benzene rings is 1. The summed E-state index contributed by atoms with van der Waals surface area (Å²) in [6, 6.07) is 0. The van der Waals surface area contributed by atoms with E-state index >= 15 is 0 Å². The van der Waals surface area contributed by atoms with Gasteiger partial charge >= 0.3 is 11.9 Å². The van der Waals surface area contributed by atoms with E-state index in [0.29, 0.717) is 17.5 Å². The van der Waals surface area contributed by atoms with Crippen molar-refractivity contribution in [3.63, 3.8) is 0 Å². The molecule has 0 radical (unpaired) electrons. The van der Waals surface area contributed by atoms with Gasteiger partial charge in [0.05, 0.1) is 25.3 Å². The van der Waals surface area contributed by atoms with Crippen LogP contribution in [-0.4, -0.2) is 26.2 Å². The molecular formula is C24H38O4. The SMILES string of the molecule is CCCCCc1c(CC)c(CC)c(C(=O)OC)c(C(=O)OC)c1CCCCC. The monoisotopic (exact) mass is 390 g/mol. The molecule has 4 nitrogen and oxygen atoms in total. The van der Waals surface area contributed by atoms with Crippen LogP contribution in [0.2, 0.25) is 0 Å². The number of rotatable bonds is 12. The van der Waals surface area contributed by atoms with Crippen LogP contribution in [0.1, 0.15) is 109 Å². The van der Waals surface area contributed by atoms with Crippen LogP contribution in [0, 0.1) is 0 Å². The van der Waals surface area contributed by atoms with Crippen LogP contribution in [-0.2, 0) is 35.2 Å². The molecule has 0 aromatic heterocycles. The van der Waals surface area contributed by atoms with Crippen molar-refractivity contribution in [2.24, 2.45) is 0 Å². The quantitative estimate of drug-likeness (QED) is 0.332. The summed E-state index contributed by atoms with van der Waals surface area (Å²) in [5.74, 6) is -0.871. The first-order valence-corrected chi connectivity index (χ1v) is 10.9. The summed E-state index contributed by atoms with van der Waals surface area (Å²) in [7, 11) is 2.76. The third-order valence-corrected chi connectivity index (χ3v) is 5.49. The van der Waals surface area contributed by atoms with E-state index in [-0.39, 0.29) is 0 Å². The zero-order valence-electron chi connectivity index (χ0n) is 18.7. The second kappa shape index (κ2) is 12.6. The minimum absolute atomic E-state index is 0.416. The highest BCUT2D eigenvalue weighted by Crippen LogP contribution is 2.33. The molecule has 0 aliphatic carbocycles. The molecule has 28 heavy (non-hydrogen) atoms. The van der Waals surface area contributed by atoms with Crippen molar-refractivity contribution in [3.05, 3.63) is 33.4 Å². The molecule has 0 saturated carbocycles. The smallest absolute Gasteiger partial charge is 0.339 e. The van der Waals surface area contributed by atoms with Gasteiger partial charge in [-0.3, -0.25) is 0 Å². The van der Waals surface area contributed by atoms with Gasteiger partial charge in [-0.05, 0) is 60.8 Å². The fraction of sp³-hybridized carbons (Fsp3) is 0.667. The number of carbonyl (C=O) groups excluding carboxylic acids is 2. The molecular weight excluding hydrogens is 352 g/mol. The molecule has 0 amide bonds. The summed E-state index contributed by atoms with van der Waals surface area (Å²) in [4.78, 5) is 25.6. The van der Waals surface area contributed by atoms with Crippen LogP contribution in [0.4, 0.5) is 0 Å². The van der Waals surface area contributed by atoms with Crippen LogP contribution in [0.5, 0.6) is 0 Å². The Labute approximate surface area is 171 Å². The van der Waals surface area contributed by atoms with E-state index in [1.807, 2.05) is 6.92 Å². The van der Waals surface area contributed by atoms with Gasteiger partial charge < -0.3 is 9.47 Å². The molecule has 0 saturated heterocycles. The van der Waals surface area contributed by atoms with E-state index in [1.165, 1.54) is 25.3 Å². The number of hydrogen-bond acceptors (Lipinski definition) is 4. The lowest BCUT2D eigenvalue weighted by molar-refractivity contribution is 0.0552. The summed E-state index contributed by atoms with van der Waals surface area (Å²) in [5.41, 5.74) is 5.28. The van der Waals surface area contributed by atoms with E-state index in [4.69, 9.17) is 9.47 Å². The number of esters is 2. The summed E-state index contributed by atoms with van der Waals surface area (Å²) in [6.45, 7) is 8.53. The number of hydrogen-bond donors (Lipinski definition) is 0. The highest BCUT2D eigenvalue weighted by atomic mass is 16.5. The summed E-state index contributed by atoms with van der Waals surface area (Å²) in [5, 5.41) is 0. The molecule has 0 N–H and O–H groups in total. The van der Waals surface area contributed by atoms with Crippen molar-refractivity contribution < 1.29 is 19.1 Å². The standard InChI is InChI=1S/C24H38O4/c1-7-11-13-15-19-17(9-3)18(10-4)21(23(25)27-5)22(24(26)28-6)20(19)16-14-12-8-2/h7-16H2,1-6H3. The van der Waals surface area contributed by atoms with E-state index < -0.39 is 11.9 Å². The first-order chi connectivity index (χ1) is 13.5. The van der Waals surface area contributed by atoms with Crippen LogP contribution in [0.25, 0.3) is 0 Å². The number of carbonyl (C=O) groups is 2. The fourth-order valence-corrected chi connectivity index (χ4v) is 4.12. The second-order valence-electron chi connectivity index (χ2n) is 7.27. The molecule has 0 bridgehead atoms. The molecule has 0 fully saturated rings. The van der Waals surface area contributed by atoms with Gasteiger partial charge in [0.25, 0.3) is 0 Å². The molecule has 0 aliphatic rings. The van der Waals surface area contributed by atoms with Gasteiger partial charge in [-0.25, -0.2) is 9.59 Å². The predicted octanol–water partition coefficient (Wildman–Crippen LogP) is 5.85. The number of ether oxygens (including phenoxy) is 2. The minimum atomic E-state index is -0.441. The largest absolute Gasteiger partial charge is 0.465 e. The zero-order chi connectivity index (χ0) is 21.1. The summed E-state index contributed by atoms with van der Waals surface area (Å²) >= 11 is 0. The summed E-state index contributed by atoms with van der Waals surface area (Å²) < 4.78 is 10.2. The van der Waals surface area contributed by atoms with E-state index in [0.717, 1.165) is 68.9 Å². The third kappa shape index (κ3) is 5.59. The van der Waals surface area contributed by atoms with Crippen molar-refractivity contribution in [1.82, 2.24) is 0 Å². The average Bonchev–Trinajstić information content (AvgIpc) is 2.72. The number of unbranched alkanes of at least 4 members (excludes halogenated alkanes) is 4. The Morgan fingerprint density at radius 3 is 1.43 bits per heavy atom. The van der Waals surface area contributed by atoms with Crippen LogP contribution < -0.4 is 0 Å². The lowest BCUT2D eigenvalue weighted by Crippen LogP contribution is -2.21. The maximum atomic E-state index is 12.8. The van der Waals surface area contributed by atoms with Gasteiger partial charge in [-0.1, -0.05) is 53.4 Å². The van der Waals surface area contributed by atoms with Crippen LogP contribution in [0.15, 0.2) is 0 Å². The van der Waals surface area contributed by atoms with Gasteiger partial charge in [0, 0.05) is 0 Å². The lowest BCUT2D eigenvalue weighted by Gasteiger charge is -2.24. The van der Waals surface area contributed by atoms with Gasteiger partial charge in [-0.15, -0.1) is 0 Å².